The zero-order chi connectivity index (χ0) is 17.0. The smallest absolute Gasteiger partial charge is 0.337 e. The molecule has 2 amide bonds. The molecule has 0 aliphatic carbocycles. The molecule has 1 aromatic carbocycles. The first-order chi connectivity index (χ1) is 10.8. The van der Waals surface area contributed by atoms with E-state index in [2.05, 4.69) is 20.8 Å². The molecule has 0 radical (unpaired) electrons. The number of carbonyl (C=O) groups is 1. The van der Waals surface area contributed by atoms with Gasteiger partial charge in [-0.15, -0.1) is 0 Å². The Morgan fingerprint density at radius 3 is 2.48 bits per heavy atom. The van der Waals surface area contributed by atoms with Crippen molar-refractivity contribution < 1.29 is 26.7 Å². The summed E-state index contributed by atoms with van der Waals surface area (Å²) in [6.45, 7) is 1.63. The lowest BCUT2D eigenvalue weighted by atomic mass is 10.3. The second-order valence-corrected chi connectivity index (χ2v) is 5.75. The summed E-state index contributed by atoms with van der Waals surface area (Å²) in [7, 11) is -3.10. The second-order valence-electron chi connectivity index (χ2n) is 4.28. The van der Waals surface area contributed by atoms with E-state index < -0.39 is 27.2 Å². The number of nitrogens with one attached hydrogen (secondary N) is 2. The summed E-state index contributed by atoms with van der Waals surface area (Å²) >= 11 is 0. The van der Waals surface area contributed by atoms with E-state index in [4.69, 9.17) is 4.52 Å². The highest BCUT2D eigenvalue weighted by molar-refractivity contribution is 7.86. The summed E-state index contributed by atoms with van der Waals surface area (Å²) < 4.78 is 52.8. The van der Waals surface area contributed by atoms with Crippen molar-refractivity contribution in [3.05, 3.63) is 36.0 Å². The topological polar surface area (TPSA) is 97.1 Å². The summed E-state index contributed by atoms with van der Waals surface area (Å²) in [5.41, 5.74) is -4.58. The van der Waals surface area contributed by atoms with E-state index >= 15 is 0 Å². The van der Waals surface area contributed by atoms with Gasteiger partial charge in [-0.05, 0) is 31.2 Å². The van der Waals surface area contributed by atoms with Gasteiger partial charge in [0.1, 0.15) is 0 Å². The standard InChI is InChI=1S/C12H11F3N4O3S/c1-7-17-10(22-19-7)6-16-11(20)18-8-2-4-9(5-3-8)23(21)12(13,14)15/h2-5H,6H2,1H3,(H2,16,18,20)/t23-/m0/s1. The van der Waals surface area contributed by atoms with Crippen LogP contribution in [0.2, 0.25) is 0 Å². The number of amides is 2. The summed E-state index contributed by atoms with van der Waals surface area (Å²) in [5.74, 6) is 0.643. The van der Waals surface area contributed by atoms with Crippen molar-refractivity contribution in [3.8, 4) is 0 Å². The molecule has 2 N–H and O–H groups in total. The van der Waals surface area contributed by atoms with Gasteiger partial charge in [0.15, 0.2) is 16.6 Å². The number of urea groups is 1. The quantitative estimate of drug-likeness (QED) is 0.884. The van der Waals surface area contributed by atoms with Crippen molar-refractivity contribution in [2.75, 3.05) is 5.32 Å². The van der Waals surface area contributed by atoms with Crippen LogP contribution in [0.4, 0.5) is 23.7 Å². The molecule has 0 unspecified atom stereocenters. The number of hydrogen-bond donors (Lipinski definition) is 2. The number of halogens is 3. The van der Waals surface area contributed by atoms with Gasteiger partial charge in [-0.25, -0.2) is 9.00 Å². The highest BCUT2D eigenvalue weighted by Crippen LogP contribution is 2.26. The van der Waals surface area contributed by atoms with Gasteiger partial charge in [0.25, 0.3) is 0 Å². The number of benzene rings is 1. The van der Waals surface area contributed by atoms with Gasteiger partial charge in [-0.2, -0.15) is 18.2 Å². The molecule has 0 aliphatic rings. The molecule has 0 fully saturated rings. The molecule has 0 saturated carbocycles. The van der Waals surface area contributed by atoms with E-state index in [0.717, 1.165) is 12.1 Å². The van der Waals surface area contributed by atoms with Crippen molar-refractivity contribution in [3.63, 3.8) is 0 Å². The average molecular weight is 348 g/mol. The molecule has 0 bridgehead atoms. The van der Waals surface area contributed by atoms with Crippen LogP contribution in [-0.4, -0.2) is 25.9 Å². The first-order valence-corrected chi connectivity index (χ1v) is 7.33. The molecule has 0 spiro atoms. The van der Waals surface area contributed by atoms with E-state index in [0.29, 0.717) is 5.82 Å². The SMILES string of the molecule is Cc1noc(CNC(=O)Nc2ccc([S@](=O)C(F)(F)F)cc2)n1. The van der Waals surface area contributed by atoms with Crippen LogP contribution in [0.25, 0.3) is 0 Å². The van der Waals surface area contributed by atoms with Crippen molar-refractivity contribution >= 4 is 22.5 Å². The normalized spacial score (nSPS) is 12.7. The number of aromatic nitrogens is 2. The Morgan fingerprint density at radius 2 is 1.96 bits per heavy atom. The molecule has 124 valence electrons. The maximum atomic E-state index is 12.3. The highest BCUT2D eigenvalue weighted by Gasteiger charge is 2.37. The molecule has 1 heterocycles. The molecule has 11 heteroatoms. The zero-order valence-electron chi connectivity index (χ0n) is 11.7. The molecule has 7 nitrogen and oxygen atoms in total. The minimum absolute atomic E-state index is 0.00282. The Morgan fingerprint density at radius 1 is 1.30 bits per heavy atom. The summed E-state index contributed by atoms with van der Waals surface area (Å²) in [4.78, 5) is 15.1. The van der Waals surface area contributed by atoms with Crippen LogP contribution in [0.1, 0.15) is 11.7 Å². The van der Waals surface area contributed by atoms with Crippen molar-refractivity contribution in [1.82, 2.24) is 15.5 Å². The molecule has 0 aliphatic heterocycles. The molecule has 1 aromatic heterocycles. The van der Waals surface area contributed by atoms with Gasteiger partial charge < -0.3 is 15.2 Å². The molecule has 23 heavy (non-hydrogen) atoms. The van der Waals surface area contributed by atoms with Crippen LogP contribution in [0.3, 0.4) is 0 Å². The number of nitrogens with zero attached hydrogens (tertiary/aromatic N) is 2. The molecule has 0 saturated heterocycles. The number of anilines is 1. The van der Waals surface area contributed by atoms with E-state index in [1.807, 2.05) is 0 Å². The fraction of sp³-hybridized carbons (Fsp3) is 0.250. The first-order valence-electron chi connectivity index (χ1n) is 6.18. The number of hydrogen-bond acceptors (Lipinski definition) is 5. The number of carbonyl (C=O) groups excluding carboxylic acids is 1. The maximum absolute atomic E-state index is 12.3. The minimum Gasteiger partial charge on any atom is -0.337 e. The van der Waals surface area contributed by atoms with Crippen molar-refractivity contribution in [1.29, 1.82) is 0 Å². The van der Waals surface area contributed by atoms with E-state index in [-0.39, 0.29) is 18.1 Å². The van der Waals surface area contributed by atoms with Crippen LogP contribution >= 0.6 is 0 Å². The van der Waals surface area contributed by atoms with E-state index in [9.17, 15) is 22.2 Å². The Labute approximate surface area is 130 Å². The van der Waals surface area contributed by atoms with Gasteiger partial charge in [-0.3, -0.25) is 0 Å². The van der Waals surface area contributed by atoms with E-state index in [1.54, 1.807) is 6.92 Å². The van der Waals surface area contributed by atoms with Gasteiger partial charge in [-0.1, -0.05) is 5.16 Å². The van der Waals surface area contributed by atoms with Crippen molar-refractivity contribution in [2.45, 2.75) is 23.9 Å². The molecular weight excluding hydrogens is 337 g/mol. The van der Waals surface area contributed by atoms with E-state index in [1.165, 1.54) is 12.1 Å². The lowest BCUT2D eigenvalue weighted by molar-refractivity contribution is -0.0384. The van der Waals surface area contributed by atoms with Gasteiger partial charge in [0.05, 0.1) is 6.54 Å². The predicted molar refractivity (Wildman–Crippen MR) is 73.8 cm³/mol. The Balaban J connectivity index is 1.90. The minimum atomic E-state index is -4.82. The summed E-state index contributed by atoms with van der Waals surface area (Å²) in [6, 6.07) is 3.89. The third-order valence-electron chi connectivity index (χ3n) is 2.51. The van der Waals surface area contributed by atoms with Gasteiger partial charge >= 0.3 is 11.5 Å². The zero-order valence-corrected chi connectivity index (χ0v) is 12.5. The van der Waals surface area contributed by atoms with Crippen LogP contribution in [-0.2, 0) is 17.3 Å². The molecule has 2 aromatic rings. The number of rotatable bonds is 4. The molecular formula is C12H11F3N4O3S. The predicted octanol–water partition coefficient (Wildman–Crippen LogP) is 2.33. The third-order valence-corrected chi connectivity index (χ3v) is 3.63. The Bertz CT molecular complexity index is 715. The van der Waals surface area contributed by atoms with Crippen LogP contribution in [0.15, 0.2) is 33.7 Å². The monoisotopic (exact) mass is 348 g/mol. The molecule has 2 rings (SSSR count). The Hall–Kier alpha value is -2.43. The van der Waals surface area contributed by atoms with Gasteiger partial charge in [0, 0.05) is 10.6 Å². The van der Waals surface area contributed by atoms with Crippen molar-refractivity contribution in [2.24, 2.45) is 0 Å². The van der Waals surface area contributed by atoms with Crippen LogP contribution < -0.4 is 10.6 Å². The highest BCUT2D eigenvalue weighted by atomic mass is 32.2. The van der Waals surface area contributed by atoms with Crippen LogP contribution in [0, 0.1) is 6.92 Å². The lowest BCUT2D eigenvalue weighted by Gasteiger charge is -2.08. The first kappa shape index (κ1) is 16.9. The fourth-order valence-electron chi connectivity index (χ4n) is 1.54. The number of aryl methyl sites for hydroxylation is 1. The third kappa shape index (κ3) is 4.77. The second kappa shape index (κ2) is 6.77. The van der Waals surface area contributed by atoms with Gasteiger partial charge in [0.2, 0.25) is 5.89 Å². The maximum Gasteiger partial charge on any atom is 0.475 e. The molecule has 1 atom stereocenters. The number of alkyl halides is 3. The largest absolute Gasteiger partial charge is 0.475 e. The summed E-state index contributed by atoms with van der Waals surface area (Å²) in [6.07, 6.45) is 0. The Kier molecular flexibility index (Phi) is 4.98. The lowest BCUT2D eigenvalue weighted by Crippen LogP contribution is -2.28. The average Bonchev–Trinajstić information content (AvgIpc) is 2.90. The fourth-order valence-corrected chi connectivity index (χ4v) is 2.19. The van der Waals surface area contributed by atoms with Crippen LogP contribution in [0.5, 0.6) is 0 Å². The summed E-state index contributed by atoms with van der Waals surface area (Å²) in [5, 5.41) is 8.39.